The van der Waals surface area contributed by atoms with Crippen molar-refractivity contribution in [1.29, 1.82) is 0 Å². The number of para-hydroxylation sites is 1. The lowest BCUT2D eigenvalue weighted by atomic mass is 10.1. The van der Waals surface area contributed by atoms with E-state index < -0.39 is 29.2 Å². The molecule has 1 aromatic carbocycles. The maximum absolute atomic E-state index is 13.0. The van der Waals surface area contributed by atoms with Gasteiger partial charge in [0.1, 0.15) is 6.04 Å². The smallest absolute Gasteiger partial charge is 0.418 e. The second-order valence-corrected chi connectivity index (χ2v) is 5.23. The van der Waals surface area contributed by atoms with Crippen LogP contribution in [0.5, 0.6) is 5.75 Å². The summed E-state index contributed by atoms with van der Waals surface area (Å²) in [6, 6.07) is 6.63. The summed E-state index contributed by atoms with van der Waals surface area (Å²) < 4.78 is 45.3. The monoisotopic (exact) mass is 354 g/mol. The van der Waals surface area contributed by atoms with Gasteiger partial charge in [-0.1, -0.05) is 12.1 Å². The number of carbonyl (C=O) groups excluding carboxylic acids is 1. The van der Waals surface area contributed by atoms with Crippen LogP contribution < -0.4 is 15.6 Å². The molecule has 8 heteroatoms. The molecule has 0 saturated carbocycles. The molecule has 1 amide bonds. The number of benzene rings is 1. The molecule has 0 aliphatic rings. The molecule has 0 fully saturated rings. The highest BCUT2D eigenvalue weighted by atomic mass is 19.4. The first-order valence-corrected chi connectivity index (χ1v) is 7.56. The predicted molar refractivity (Wildman–Crippen MR) is 86.7 cm³/mol. The average Bonchev–Trinajstić information content (AvgIpc) is 2.56. The van der Waals surface area contributed by atoms with Gasteiger partial charge >= 0.3 is 6.18 Å². The Morgan fingerprint density at radius 2 is 1.92 bits per heavy atom. The quantitative estimate of drug-likeness (QED) is 0.894. The van der Waals surface area contributed by atoms with Gasteiger partial charge in [-0.25, -0.2) is 0 Å². The second-order valence-electron chi connectivity index (χ2n) is 5.23. The molecule has 0 saturated heterocycles. The number of carbonyl (C=O) groups is 1. The minimum atomic E-state index is -4.60. The third-order valence-corrected chi connectivity index (χ3v) is 3.53. The molecule has 2 aromatic rings. The number of alkyl halides is 3. The lowest BCUT2D eigenvalue weighted by Gasteiger charge is -2.18. The molecular formula is C17H17F3N2O3. The van der Waals surface area contributed by atoms with E-state index in [1.807, 2.05) is 0 Å². The van der Waals surface area contributed by atoms with Crippen LogP contribution in [0.4, 0.5) is 18.9 Å². The van der Waals surface area contributed by atoms with Gasteiger partial charge in [0.2, 0.25) is 5.91 Å². The van der Waals surface area contributed by atoms with Crippen LogP contribution in [0, 0.1) is 0 Å². The van der Waals surface area contributed by atoms with Gasteiger partial charge in [0, 0.05) is 6.20 Å². The van der Waals surface area contributed by atoms with E-state index in [1.54, 1.807) is 6.92 Å². The van der Waals surface area contributed by atoms with E-state index in [9.17, 15) is 22.8 Å². The first-order valence-electron chi connectivity index (χ1n) is 7.56. The summed E-state index contributed by atoms with van der Waals surface area (Å²) in [7, 11) is 0. The van der Waals surface area contributed by atoms with Gasteiger partial charge in [-0.2, -0.15) is 13.2 Å². The molecule has 1 atom stereocenters. The summed E-state index contributed by atoms with van der Waals surface area (Å²) in [5, 5.41) is 2.23. The Hall–Kier alpha value is -2.77. The second kappa shape index (κ2) is 7.42. The van der Waals surface area contributed by atoms with Crippen LogP contribution in [0.15, 0.2) is 47.4 Å². The number of anilines is 1. The molecule has 2 rings (SSSR count). The summed E-state index contributed by atoms with van der Waals surface area (Å²) >= 11 is 0. The first kappa shape index (κ1) is 18.6. The van der Waals surface area contributed by atoms with Gasteiger partial charge in [0.05, 0.1) is 17.9 Å². The Morgan fingerprint density at radius 1 is 1.24 bits per heavy atom. The zero-order chi connectivity index (χ0) is 18.6. The number of nitrogens with zero attached hydrogens (tertiary/aromatic N) is 1. The number of rotatable bonds is 5. The molecule has 1 unspecified atom stereocenters. The molecule has 5 nitrogen and oxygen atoms in total. The van der Waals surface area contributed by atoms with Crippen LogP contribution in [-0.4, -0.2) is 17.1 Å². The van der Waals surface area contributed by atoms with E-state index in [-0.39, 0.29) is 18.0 Å². The molecule has 1 N–H and O–H groups in total. The Morgan fingerprint density at radius 3 is 2.56 bits per heavy atom. The molecule has 0 aliphatic carbocycles. The summed E-state index contributed by atoms with van der Waals surface area (Å²) in [5.74, 6) is -0.673. The fraction of sp³-hybridized carbons (Fsp3) is 0.294. The third kappa shape index (κ3) is 4.20. The lowest BCUT2D eigenvalue weighted by molar-refractivity contribution is -0.137. The van der Waals surface area contributed by atoms with Gasteiger partial charge in [0.15, 0.2) is 5.75 Å². The van der Waals surface area contributed by atoms with Crippen LogP contribution in [0.25, 0.3) is 0 Å². The predicted octanol–water partition coefficient (Wildman–Crippen LogP) is 3.47. The normalized spacial score (nSPS) is 12.5. The van der Waals surface area contributed by atoms with Gasteiger partial charge < -0.3 is 14.6 Å². The summed E-state index contributed by atoms with van der Waals surface area (Å²) in [4.78, 5) is 24.6. The van der Waals surface area contributed by atoms with Crippen LogP contribution in [0.3, 0.4) is 0 Å². The van der Waals surface area contributed by atoms with Crippen molar-refractivity contribution < 1.29 is 22.7 Å². The van der Waals surface area contributed by atoms with E-state index in [1.165, 1.54) is 37.4 Å². The van der Waals surface area contributed by atoms with E-state index in [4.69, 9.17) is 4.74 Å². The molecular weight excluding hydrogens is 337 g/mol. The summed E-state index contributed by atoms with van der Waals surface area (Å²) in [6.07, 6.45) is -3.22. The summed E-state index contributed by atoms with van der Waals surface area (Å²) in [6.45, 7) is 3.41. The Labute approximate surface area is 142 Å². The highest BCUT2D eigenvalue weighted by Gasteiger charge is 2.34. The van der Waals surface area contributed by atoms with Crippen molar-refractivity contribution in [2.24, 2.45) is 0 Å². The van der Waals surface area contributed by atoms with Crippen molar-refractivity contribution in [3.8, 4) is 5.75 Å². The minimum Gasteiger partial charge on any atom is -0.488 e. The SMILES string of the molecule is CCOc1cccn(C(C)C(=O)Nc2ccccc2C(F)(F)F)c1=O. The third-order valence-electron chi connectivity index (χ3n) is 3.53. The fourth-order valence-corrected chi connectivity index (χ4v) is 2.26. The number of aromatic nitrogens is 1. The van der Waals surface area contributed by atoms with Gasteiger partial charge in [-0.3, -0.25) is 9.59 Å². The highest BCUT2D eigenvalue weighted by Crippen LogP contribution is 2.34. The Balaban J connectivity index is 2.29. The fourth-order valence-electron chi connectivity index (χ4n) is 2.26. The molecule has 0 radical (unpaired) electrons. The molecule has 1 heterocycles. The maximum atomic E-state index is 13.0. The van der Waals surface area contributed by atoms with Gasteiger partial charge in [-0.15, -0.1) is 0 Å². The first-order chi connectivity index (χ1) is 11.8. The standard InChI is InChI=1S/C17H17F3N2O3/c1-3-25-14-9-6-10-22(16(14)24)11(2)15(23)21-13-8-5-4-7-12(13)17(18,19)20/h4-11H,3H2,1-2H3,(H,21,23). The van der Waals surface area contributed by atoms with E-state index >= 15 is 0 Å². The number of halogens is 3. The number of amides is 1. The topological polar surface area (TPSA) is 60.3 Å². The number of pyridine rings is 1. The van der Waals surface area contributed by atoms with Crippen LogP contribution >= 0.6 is 0 Å². The number of hydrogen-bond acceptors (Lipinski definition) is 3. The van der Waals surface area contributed by atoms with E-state index in [0.29, 0.717) is 0 Å². The van der Waals surface area contributed by atoms with Crippen LogP contribution in [0.1, 0.15) is 25.5 Å². The van der Waals surface area contributed by atoms with E-state index in [2.05, 4.69) is 5.32 Å². The molecule has 0 spiro atoms. The van der Waals surface area contributed by atoms with Gasteiger partial charge in [-0.05, 0) is 38.1 Å². The van der Waals surface area contributed by atoms with Crippen molar-refractivity contribution in [1.82, 2.24) is 4.57 Å². The average molecular weight is 354 g/mol. The lowest BCUT2D eigenvalue weighted by Crippen LogP contribution is -2.32. The van der Waals surface area contributed by atoms with E-state index in [0.717, 1.165) is 16.7 Å². The number of nitrogens with one attached hydrogen (secondary N) is 1. The van der Waals surface area contributed by atoms with Crippen molar-refractivity contribution >= 4 is 11.6 Å². The molecule has 134 valence electrons. The Bertz CT molecular complexity index is 815. The molecule has 0 aliphatic heterocycles. The minimum absolute atomic E-state index is 0.0698. The van der Waals surface area contributed by atoms with Crippen LogP contribution in [0.2, 0.25) is 0 Å². The zero-order valence-corrected chi connectivity index (χ0v) is 13.6. The van der Waals surface area contributed by atoms with Crippen LogP contribution in [-0.2, 0) is 11.0 Å². The maximum Gasteiger partial charge on any atom is 0.418 e. The number of hydrogen-bond donors (Lipinski definition) is 1. The molecule has 1 aromatic heterocycles. The molecule has 25 heavy (non-hydrogen) atoms. The Kier molecular flexibility index (Phi) is 5.51. The largest absolute Gasteiger partial charge is 0.488 e. The van der Waals surface area contributed by atoms with Crippen molar-refractivity contribution in [2.45, 2.75) is 26.1 Å². The summed E-state index contributed by atoms with van der Waals surface area (Å²) in [5.41, 5.74) is -1.84. The van der Waals surface area contributed by atoms with Crippen molar-refractivity contribution in [3.63, 3.8) is 0 Å². The zero-order valence-electron chi connectivity index (χ0n) is 13.6. The number of ether oxygens (including phenoxy) is 1. The van der Waals surface area contributed by atoms with Crippen molar-refractivity contribution in [2.75, 3.05) is 11.9 Å². The highest BCUT2D eigenvalue weighted by molar-refractivity contribution is 5.94. The van der Waals surface area contributed by atoms with Crippen molar-refractivity contribution in [3.05, 3.63) is 58.5 Å². The molecule has 0 bridgehead atoms. The van der Waals surface area contributed by atoms with Gasteiger partial charge in [0.25, 0.3) is 5.56 Å².